The van der Waals surface area contributed by atoms with Gasteiger partial charge in [0.2, 0.25) is 17.7 Å². The van der Waals surface area contributed by atoms with Crippen LogP contribution in [0.4, 0.5) is 11.4 Å². The van der Waals surface area contributed by atoms with E-state index in [9.17, 15) is 19.2 Å². The number of nitrogens with zero attached hydrogens (tertiary/aromatic N) is 2. The van der Waals surface area contributed by atoms with Crippen LogP contribution in [-0.2, 0) is 19.2 Å². The van der Waals surface area contributed by atoms with Gasteiger partial charge in [0.05, 0.1) is 34.2 Å². The van der Waals surface area contributed by atoms with Gasteiger partial charge in [0.15, 0.2) is 0 Å². The van der Waals surface area contributed by atoms with Crippen molar-refractivity contribution in [1.29, 1.82) is 0 Å². The molecule has 3 amide bonds. The molecule has 7 nitrogen and oxygen atoms in total. The molecule has 2 saturated heterocycles. The van der Waals surface area contributed by atoms with E-state index in [1.807, 2.05) is 12.2 Å². The predicted molar refractivity (Wildman–Crippen MR) is 127 cm³/mol. The predicted octanol–water partition coefficient (Wildman–Crippen LogP) is 4.41. The number of hydrogen-bond donors (Lipinski definition) is 0. The molecule has 0 aromatic heterocycles. The third kappa shape index (κ3) is 3.99. The van der Waals surface area contributed by atoms with E-state index in [-0.39, 0.29) is 48.3 Å². The van der Waals surface area contributed by atoms with Gasteiger partial charge in [-0.2, -0.15) is 0 Å². The molecule has 3 atom stereocenters. The van der Waals surface area contributed by atoms with Crippen molar-refractivity contribution in [1.82, 2.24) is 0 Å². The molecule has 0 bridgehead atoms. The number of amides is 3. The highest BCUT2D eigenvalue weighted by Crippen LogP contribution is 2.39. The van der Waals surface area contributed by atoms with E-state index in [0.29, 0.717) is 34.3 Å². The maximum atomic E-state index is 12.9. The van der Waals surface area contributed by atoms with Gasteiger partial charge in [-0.15, -0.1) is 0 Å². The van der Waals surface area contributed by atoms with Crippen LogP contribution in [0.3, 0.4) is 0 Å². The number of benzene rings is 2. The molecule has 34 heavy (non-hydrogen) atoms. The number of halogens is 2. The number of allylic oxidation sites excluding steroid dienone is 2. The number of carbonyl (C=O) groups is 4. The fourth-order valence-corrected chi connectivity index (χ4v) is 5.12. The third-order valence-corrected chi connectivity index (χ3v) is 7.01. The number of esters is 1. The minimum absolute atomic E-state index is 0.0270. The van der Waals surface area contributed by atoms with Gasteiger partial charge >= 0.3 is 5.97 Å². The fourth-order valence-electron chi connectivity index (χ4n) is 4.73. The first kappa shape index (κ1) is 22.6. The minimum Gasteiger partial charge on any atom is -0.426 e. The molecule has 0 saturated carbocycles. The summed E-state index contributed by atoms with van der Waals surface area (Å²) in [6.07, 6.45) is 4.92. The molecule has 1 aliphatic carbocycles. The molecule has 9 heteroatoms. The third-order valence-electron chi connectivity index (χ3n) is 6.46. The lowest BCUT2D eigenvalue weighted by atomic mass is 9.85. The van der Waals surface area contributed by atoms with Crippen molar-refractivity contribution >= 4 is 58.3 Å². The molecule has 0 spiro atoms. The zero-order chi connectivity index (χ0) is 24.0. The zero-order valence-electron chi connectivity index (χ0n) is 17.9. The standard InChI is InChI=1S/C25H20Cl2N2O5/c26-15-8-9-20(27)21(11-15)28-13-14(10-22(28)30)25(33)34-17-5-3-4-16(12-17)29-23(31)18-6-1-2-7-19(18)24(29)32/h1-5,8-9,11-12,14,18-19H,6-7,10,13H2/t14-,18+,19+/m0/s1. The summed E-state index contributed by atoms with van der Waals surface area (Å²) in [5, 5.41) is 0.784. The number of hydrogen-bond acceptors (Lipinski definition) is 5. The summed E-state index contributed by atoms with van der Waals surface area (Å²) >= 11 is 12.2. The Hall–Kier alpha value is -3.16. The van der Waals surface area contributed by atoms with E-state index in [0.717, 1.165) is 0 Å². The Balaban J connectivity index is 1.30. The molecule has 2 aromatic rings. The van der Waals surface area contributed by atoms with Crippen molar-refractivity contribution in [3.05, 3.63) is 64.7 Å². The lowest BCUT2D eigenvalue weighted by Gasteiger charge is -2.18. The van der Waals surface area contributed by atoms with Crippen molar-refractivity contribution in [3.63, 3.8) is 0 Å². The van der Waals surface area contributed by atoms with Gasteiger partial charge in [0.25, 0.3) is 0 Å². The SMILES string of the molecule is O=C(Oc1cccc(N2C(=O)[C@@H]3CC=CC[C@H]3C2=O)c1)[C@H]1CC(=O)N(c2cc(Cl)ccc2Cl)C1. The van der Waals surface area contributed by atoms with E-state index in [1.165, 1.54) is 15.9 Å². The largest absolute Gasteiger partial charge is 0.426 e. The van der Waals surface area contributed by atoms with Gasteiger partial charge in [0.1, 0.15) is 5.75 Å². The molecule has 5 rings (SSSR count). The summed E-state index contributed by atoms with van der Waals surface area (Å²) in [5.41, 5.74) is 0.808. The lowest BCUT2D eigenvalue weighted by molar-refractivity contribution is -0.139. The number of anilines is 2. The van der Waals surface area contributed by atoms with Crippen LogP contribution in [0.25, 0.3) is 0 Å². The highest BCUT2D eigenvalue weighted by atomic mass is 35.5. The lowest BCUT2D eigenvalue weighted by Crippen LogP contribution is -2.31. The van der Waals surface area contributed by atoms with Gasteiger partial charge in [-0.3, -0.25) is 19.2 Å². The van der Waals surface area contributed by atoms with E-state index in [2.05, 4.69) is 0 Å². The van der Waals surface area contributed by atoms with Crippen LogP contribution in [0.15, 0.2) is 54.6 Å². The van der Waals surface area contributed by atoms with Crippen LogP contribution >= 0.6 is 23.2 Å². The molecule has 174 valence electrons. The summed E-state index contributed by atoms with van der Waals surface area (Å²) in [7, 11) is 0. The van der Waals surface area contributed by atoms with Gasteiger partial charge in [0, 0.05) is 24.1 Å². The number of carbonyl (C=O) groups excluding carboxylic acids is 4. The second-order valence-electron chi connectivity index (χ2n) is 8.59. The first-order chi connectivity index (χ1) is 16.3. The van der Waals surface area contributed by atoms with Crippen LogP contribution in [0.5, 0.6) is 5.75 Å². The van der Waals surface area contributed by atoms with Crippen molar-refractivity contribution in [2.45, 2.75) is 19.3 Å². The average molecular weight is 499 g/mol. The molecule has 0 radical (unpaired) electrons. The molecule has 2 aromatic carbocycles. The van der Waals surface area contributed by atoms with E-state index in [4.69, 9.17) is 27.9 Å². The normalized spacial score (nSPS) is 24.1. The Morgan fingerprint density at radius 1 is 0.941 bits per heavy atom. The highest BCUT2D eigenvalue weighted by molar-refractivity contribution is 6.36. The average Bonchev–Trinajstić information content (AvgIpc) is 3.33. The smallest absolute Gasteiger partial charge is 0.316 e. The second kappa shape index (κ2) is 8.89. The monoisotopic (exact) mass is 498 g/mol. The Kier molecular flexibility index (Phi) is 5.91. The second-order valence-corrected chi connectivity index (χ2v) is 9.43. The first-order valence-corrected chi connectivity index (χ1v) is 11.7. The molecular weight excluding hydrogens is 479 g/mol. The minimum atomic E-state index is -0.699. The molecule has 2 aliphatic heterocycles. The Morgan fingerprint density at radius 3 is 2.35 bits per heavy atom. The number of fused-ring (bicyclic) bond motifs is 1. The molecule has 2 fully saturated rings. The summed E-state index contributed by atoms with van der Waals surface area (Å²) in [6.45, 7) is 0.108. The van der Waals surface area contributed by atoms with E-state index < -0.39 is 11.9 Å². The molecule has 3 aliphatic rings. The van der Waals surface area contributed by atoms with E-state index >= 15 is 0 Å². The quantitative estimate of drug-likeness (QED) is 0.270. The van der Waals surface area contributed by atoms with Crippen molar-refractivity contribution in [2.24, 2.45) is 17.8 Å². The van der Waals surface area contributed by atoms with Crippen molar-refractivity contribution in [2.75, 3.05) is 16.3 Å². The van der Waals surface area contributed by atoms with Crippen molar-refractivity contribution < 1.29 is 23.9 Å². The topological polar surface area (TPSA) is 84.0 Å². The van der Waals surface area contributed by atoms with Crippen LogP contribution < -0.4 is 14.5 Å². The maximum absolute atomic E-state index is 12.9. The summed E-state index contributed by atoms with van der Waals surface area (Å²) in [6, 6.07) is 11.1. The number of ether oxygens (including phenoxy) is 1. The zero-order valence-corrected chi connectivity index (χ0v) is 19.5. The van der Waals surface area contributed by atoms with E-state index in [1.54, 1.807) is 36.4 Å². The van der Waals surface area contributed by atoms with Crippen LogP contribution in [0.1, 0.15) is 19.3 Å². The molecule has 0 N–H and O–H groups in total. The van der Waals surface area contributed by atoms with Gasteiger partial charge in [-0.1, -0.05) is 41.4 Å². The first-order valence-electron chi connectivity index (χ1n) is 10.9. The number of imide groups is 1. The Labute approximate surface area is 205 Å². The number of rotatable bonds is 4. The van der Waals surface area contributed by atoms with Gasteiger partial charge < -0.3 is 9.64 Å². The molecule has 2 heterocycles. The fraction of sp³-hybridized carbons (Fsp3) is 0.280. The van der Waals surface area contributed by atoms with Crippen LogP contribution in [0.2, 0.25) is 10.0 Å². The van der Waals surface area contributed by atoms with Crippen molar-refractivity contribution in [3.8, 4) is 5.75 Å². The molecule has 0 unspecified atom stereocenters. The van der Waals surface area contributed by atoms with Crippen LogP contribution in [0, 0.1) is 17.8 Å². The van der Waals surface area contributed by atoms with Crippen LogP contribution in [-0.4, -0.2) is 30.2 Å². The summed E-state index contributed by atoms with van der Waals surface area (Å²) < 4.78 is 5.54. The summed E-state index contributed by atoms with van der Waals surface area (Å²) in [4.78, 5) is 53.7. The maximum Gasteiger partial charge on any atom is 0.316 e. The Bertz CT molecular complexity index is 1220. The van der Waals surface area contributed by atoms with Gasteiger partial charge in [-0.05, 0) is 43.2 Å². The highest BCUT2D eigenvalue weighted by Gasteiger charge is 2.48. The summed E-state index contributed by atoms with van der Waals surface area (Å²) in [5.74, 6) is -2.52. The van der Waals surface area contributed by atoms with Gasteiger partial charge in [-0.25, -0.2) is 4.90 Å². The Morgan fingerprint density at radius 2 is 1.65 bits per heavy atom. The molecular formula is C25H20Cl2N2O5.